The van der Waals surface area contributed by atoms with Crippen molar-refractivity contribution in [1.82, 2.24) is 4.90 Å². The fourth-order valence-corrected chi connectivity index (χ4v) is 4.27. The van der Waals surface area contributed by atoms with Crippen LogP contribution in [0.1, 0.15) is 54.5 Å². The second-order valence-electron chi connectivity index (χ2n) is 6.36. The SMILES string of the molecule is CN1Cc2cc(C(Br)C3CCCCCC3)ccc2NC1=O. The van der Waals surface area contributed by atoms with Crippen LogP contribution < -0.4 is 5.32 Å². The molecule has 21 heavy (non-hydrogen) atoms. The Morgan fingerprint density at radius 2 is 1.95 bits per heavy atom. The van der Waals surface area contributed by atoms with E-state index in [0.29, 0.717) is 11.4 Å². The number of alkyl halides is 1. The molecule has 1 atom stereocenters. The Morgan fingerprint density at radius 3 is 2.67 bits per heavy atom. The predicted molar refractivity (Wildman–Crippen MR) is 89.8 cm³/mol. The van der Waals surface area contributed by atoms with Gasteiger partial charge in [0.25, 0.3) is 0 Å². The fourth-order valence-electron chi connectivity index (χ4n) is 3.45. The van der Waals surface area contributed by atoms with Gasteiger partial charge < -0.3 is 10.2 Å². The lowest BCUT2D eigenvalue weighted by Gasteiger charge is -2.28. The van der Waals surface area contributed by atoms with Crippen LogP contribution in [0.2, 0.25) is 0 Å². The maximum absolute atomic E-state index is 11.7. The van der Waals surface area contributed by atoms with E-state index in [1.807, 2.05) is 7.05 Å². The van der Waals surface area contributed by atoms with Crippen LogP contribution in [-0.4, -0.2) is 18.0 Å². The summed E-state index contributed by atoms with van der Waals surface area (Å²) in [6.45, 7) is 0.694. The number of hydrogen-bond acceptors (Lipinski definition) is 1. The molecular weight excluding hydrogens is 328 g/mol. The molecule has 114 valence electrons. The van der Waals surface area contributed by atoms with Crippen molar-refractivity contribution in [2.24, 2.45) is 5.92 Å². The molecule has 1 unspecified atom stereocenters. The van der Waals surface area contributed by atoms with Crippen molar-refractivity contribution in [2.45, 2.75) is 49.9 Å². The summed E-state index contributed by atoms with van der Waals surface area (Å²) >= 11 is 3.94. The maximum Gasteiger partial charge on any atom is 0.321 e. The van der Waals surface area contributed by atoms with Crippen molar-refractivity contribution in [3.8, 4) is 0 Å². The first kappa shape index (κ1) is 14.9. The largest absolute Gasteiger partial charge is 0.323 e. The summed E-state index contributed by atoms with van der Waals surface area (Å²) in [6.07, 6.45) is 8.13. The minimum atomic E-state index is -0.0191. The molecule has 0 bridgehead atoms. The van der Waals surface area contributed by atoms with E-state index < -0.39 is 0 Å². The number of carbonyl (C=O) groups excluding carboxylic acids is 1. The van der Waals surface area contributed by atoms with Gasteiger partial charge in [0.05, 0.1) is 0 Å². The Hall–Kier alpha value is -1.03. The van der Waals surface area contributed by atoms with Gasteiger partial charge in [0, 0.05) is 24.1 Å². The van der Waals surface area contributed by atoms with E-state index in [9.17, 15) is 4.79 Å². The Balaban J connectivity index is 1.79. The van der Waals surface area contributed by atoms with Gasteiger partial charge >= 0.3 is 6.03 Å². The molecule has 1 saturated carbocycles. The first-order valence-corrected chi connectivity index (χ1v) is 8.86. The second kappa shape index (κ2) is 6.39. The third-order valence-electron chi connectivity index (χ3n) is 4.76. The van der Waals surface area contributed by atoms with Crippen molar-refractivity contribution in [1.29, 1.82) is 0 Å². The lowest BCUT2D eigenvalue weighted by atomic mass is 9.91. The molecule has 3 rings (SSSR count). The number of halogens is 1. The van der Waals surface area contributed by atoms with Crippen LogP contribution in [0, 0.1) is 5.92 Å². The molecule has 0 saturated heterocycles. The van der Waals surface area contributed by atoms with E-state index in [0.717, 1.165) is 11.6 Å². The summed E-state index contributed by atoms with van der Waals surface area (Å²) in [6, 6.07) is 6.46. The molecule has 1 aliphatic carbocycles. The number of amides is 2. The number of anilines is 1. The third kappa shape index (κ3) is 3.25. The fraction of sp³-hybridized carbons (Fsp3) is 0.588. The van der Waals surface area contributed by atoms with Gasteiger partial charge in [-0.25, -0.2) is 4.79 Å². The van der Waals surface area contributed by atoms with Crippen molar-refractivity contribution in [3.63, 3.8) is 0 Å². The van der Waals surface area contributed by atoms with Gasteiger partial charge in [0.2, 0.25) is 0 Å². The van der Waals surface area contributed by atoms with Crippen molar-refractivity contribution >= 4 is 27.6 Å². The normalized spacial score (nSPS) is 21.4. The van der Waals surface area contributed by atoms with Gasteiger partial charge in [-0.1, -0.05) is 53.7 Å². The summed E-state index contributed by atoms with van der Waals surface area (Å²) in [7, 11) is 1.84. The lowest BCUT2D eigenvalue weighted by Crippen LogP contribution is -2.35. The van der Waals surface area contributed by atoms with Crippen molar-refractivity contribution in [2.75, 3.05) is 12.4 Å². The summed E-state index contributed by atoms with van der Waals surface area (Å²) in [4.78, 5) is 13.8. The zero-order valence-corrected chi connectivity index (χ0v) is 14.2. The van der Waals surface area contributed by atoms with Gasteiger partial charge in [-0.2, -0.15) is 0 Å². The summed E-state index contributed by atoms with van der Waals surface area (Å²) < 4.78 is 0. The van der Waals surface area contributed by atoms with Gasteiger partial charge in [-0.3, -0.25) is 0 Å². The molecule has 3 nitrogen and oxygen atoms in total. The van der Waals surface area contributed by atoms with Gasteiger partial charge in [-0.15, -0.1) is 0 Å². The molecule has 1 N–H and O–H groups in total. The van der Waals surface area contributed by atoms with Gasteiger partial charge in [0.1, 0.15) is 0 Å². The molecule has 0 radical (unpaired) electrons. The van der Waals surface area contributed by atoms with Gasteiger partial charge in [0.15, 0.2) is 0 Å². The summed E-state index contributed by atoms with van der Waals surface area (Å²) in [5, 5.41) is 2.94. The quantitative estimate of drug-likeness (QED) is 0.586. The molecule has 1 aromatic rings. The average molecular weight is 351 g/mol. The van der Waals surface area contributed by atoms with Crippen LogP contribution in [0.25, 0.3) is 0 Å². The van der Waals surface area contributed by atoms with Crippen LogP contribution >= 0.6 is 15.9 Å². The third-order valence-corrected chi connectivity index (χ3v) is 6.03. The topological polar surface area (TPSA) is 32.3 Å². The maximum atomic E-state index is 11.7. The molecule has 1 fully saturated rings. The summed E-state index contributed by atoms with van der Waals surface area (Å²) in [5.41, 5.74) is 3.53. The Bertz CT molecular complexity index is 524. The highest BCUT2D eigenvalue weighted by atomic mass is 79.9. The monoisotopic (exact) mass is 350 g/mol. The minimum Gasteiger partial charge on any atom is -0.323 e. The van der Waals surface area contributed by atoms with E-state index in [2.05, 4.69) is 39.4 Å². The van der Waals surface area contributed by atoms with Crippen LogP contribution in [0.3, 0.4) is 0 Å². The molecular formula is C17H23BrN2O. The Morgan fingerprint density at radius 1 is 1.24 bits per heavy atom. The lowest BCUT2D eigenvalue weighted by molar-refractivity contribution is 0.218. The first-order chi connectivity index (χ1) is 10.1. The number of urea groups is 1. The number of rotatable bonds is 2. The highest BCUT2D eigenvalue weighted by molar-refractivity contribution is 9.09. The number of nitrogens with one attached hydrogen (secondary N) is 1. The zero-order chi connectivity index (χ0) is 14.8. The highest BCUT2D eigenvalue weighted by Gasteiger charge is 2.24. The van der Waals surface area contributed by atoms with Crippen LogP contribution in [-0.2, 0) is 6.54 Å². The Labute approximate surface area is 135 Å². The molecule has 4 heteroatoms. The second-order valence-corrected chi connectivity index (χ2v) is 7.34. The highest BCUT2D eigenvalue weighted by Crippen LogP contribution is 2.40. The Kier molecular flexibility index (Phi) is 4.53. The van der Waals surface area contributed by atoms with Gasteiger partial charge in [-0.05, 0) is 36.0 Å². The standard InChI is InChI=1S/C17H23BrN2O/c1-20-11-14-10-13(8-9-15(14)19-17(20)21)16(18)12-6-4-2-3-5-7-12/h8-10,12,16H,2-7,11H2,1H3,(H,19,21). The molecule has 1 heterocycles. The van der Waals surface area contributed by atoms with Crippen LogP contribution in [0.4, 0.5) is 10.5 Å². The first-order valence-electron chi connectivity index (χ1n) is 7.94. The van der Waals surface area contributed by atoms with Crippen molar-refractivity contribution < 1.29 is 4.79 Å². The van der Waals surface area contributed by atoms with Crippen molar-refractivity contribution in [3.05, 3.63) is 29.3 Å². The smallest absolute Gasteiger partial charge is 0.321 e. The van der Waals surface area contributed by atoms with Crippen LogP contribution in [0.15, 0.2) is 18.2 Å². The molecule has 2 amide bonds. The molecule has 2 aliphatic rings. The summed E-state index contributed by atoms with van der Waals surface area (Å²) in [5.74, 6) is 0.737. The average Bonchev–Trinajstić information content (AvgIpc) is 2.76. The predicted octanol–water partition coefficient (Wildman–Crippen LogP) is 5.07. The number of fused-ring (bicyclic) bond motifs is 1. The zero-order valence-electron chi connectivity index (χ0n) is 12.6. The molecule has 1 aliphatic heterocycles. The van der Waals surface area contributed by atoms with E-state index in [4.69, 9.17) is 0 Å². The van der Waals surface area contributed by atoms with E-state index in [1.165, 1.54) is 49.7 Å². The van der Waals surface area contributed by atoms with E-state index in [1.54, 1.807) is 4.90 Å². The number of benzene rings is 1. The number of hydrogen-bond donors (Lipinski definition) is 1. The number of nitrogens with zero attached hydrogens (tertiary/aromatic N) is 1. The van der Waals surface area contributed by atoms with E-state index >= 15 is 0 Å². The minimum absolute atomic E-state index is 0.0191. The molecule has 1 aromatic carbocycles. The number of carbonyl (C=O) groups is 1. The van der Waals surface area contributed by atoms with Crippen LogP contribution in [0.5, 0.6) is 0 Å². The molecule has 0 spiro atoms. The van der Waals surface area contributed by atoms with E-state index in [-0.39, 0.29) is 6.03 Å². The molecule has 0 aromatic heterocycles.